The van der Waals surface area contributed by atoms with Crippen LogP contribution in [0.2, 0.25) is 0 Å². The number of hydrogen-bond donors (Lipinski definition) is 0. The lowest BCUT2D eigenvalue weighted by atomic mass is 10.1. The van der Waals surface area contributed by atoms with Crippen LogP contribution in [0.5, 0.6) is 17.2 Å². The number of methoxy groups -OCH3 is 3. The van der Waals surface area contributed by atoms with E-state index in [-0.39, 0.29) is 12.3 Å². The summed E-state index contributed by atoms with van der Waals surface area (Å²) in [5.74, 6) is 1.62. The number of hydrogen-bond acceptors (Lipinski definition) is 5. The third kappa shape index (κ3) is 4.99. The Morgan fingerprint density at radius 1 is 0.900 bits per heavy atom. The van der Waals surface area contributed by atoms with Crippen LogP contribution in [-0.2, 0) is 17.8 Å². The molecule has 0 saturated carbocycles. The number of amides is 1. The summed E-state index contributed by atoms with van der Waals surface area (Å²) in [6.07, 6.45) is 4.08. The molecule has 1 fully saturated rings. The standard InChI is InChI=1S/C24H32N2O4/c1-25(17-18-8-11-20(12-9-18)26-14-6-5-7-15-26)22(27)16-19-10-13-21(28-2)24(30-4)23(19)29-3/h8-13H,5-7,14-17H2,1-4H3. The van der Waals surface area contributed by atoms with Crippen LogP contribution in [0.4, 0.5) is 5.69 Å². The highest BCUT2D eigenvalue weighted by Crippen LogP contribution is 2.40. The summed E-state index contributed by atoms with van der Waals surface area (Å²) in [6, 6.07) is 12.2. The van der Waals surface area contributed by atoms with E-state index in [0.29, 0.717) is 23.8 Å². The van der Waals surface area contributed by atoms with E-state index >= 15 is 0 Å². The first kappa shape index (κ1) is 21.8. The number of likely N-dealkylation sites (N-methyl/N-ethyl adjacent to an activating group) is 1. The van der Waals surface area contributed by atoms with E-state index in [1.165, 1.54) is 24.9 Å². The number of nitrogens with zero attached hydrogens (tertiary/aromatic N) is 2. The molecule has 2 aromatic rings. The molecule has 1 saturated heterocycles. The number of piperidine rings is 1. The summed E-state index contributed by atoms with van der Waals surface area (Å²) in [6.45, 7) is 2.82. The van der Waals surface area contributed by atoms with Crippen molar-refractivity contribution in [3.8, 4) is 17.2 Å². The van der Waals surface area contributed by atoms with Gasteiger partial charge in [0.25, 0.3) is 0 Å². The van der Waals surface area contributed by atoms with E-state index in [1.54, 1.807) is 32.3 Å². The average molecular weight is 413 g/mol. The van der Waals surface area contributed by atoms with Gasteiger partial charge in [0, 0.05) is 37.9 Å². The Morgan fingerprint density at radius 2 is 1.57 bits per heavy atom. The molecule has 1 aliphatic rings. The highest BCUT2D eigenvalue weighted by atomic mass is 16.5. The largest absolute Gasteiger partial charge is 0.493 e. The first-order valence-corrected chi connectivity index (χ1v) is 10.4. The normalized spacial score (nSPS) is 13.7. The van der Waals surface area contributed by atoms with Crippen LogP contribution >= 0.6 is 0 Å². The minimum Gasteiger partial charge on any atom is -0.493 e. The quantitative estimate of drug-likeness (QED) is 0.658. The lowest BCUT2D eigenvalue weighted by Gasteiger charge is -2.29. The van der Waals surface area contributed by atoms with Crippen molar-refractivity contribution in [2.45, 2.75) is 32.2 Å². The monoisotopic (exact) mass is 412 g/mol. The molecule has 3 rings (SSSR count). The molecule has 0 radical (unpaired) electrons. The van der Waals surface area contributed by atoms with Gasteiger partial charge in [0.1, 0.15) is 0 Å². The first-order valence-electron chi connectivity index (χ1n) is 10.4. The number of anilines is 1. The van der Waals surface area contributed by atoms with Gasteiger partial charge in [-0.3, -0.25) is 4.79 Å². The van der Waals surface area contributed by atoms with Gasteiger partial charge in [0.05, 0.1) is 27.8 Å². The maximum Gasteiger partial charge on any atom is 0.227 e. The first-order chi connectivity index (χ1) is 14.6. The summed E-state index contributed by atoms with van der Waals surface area (Å²) in [5.41, 5.74) is 3.15. The van der Waals surface area contributed by atoms with Crippen molar-refractivity contribution in [2.24, 2.45) is 0 Å². The van der Waals surface area contributed by atoms with Gasteiger partial charge in [0.2, 0.25) is 11.7 Å². The summed E-state index contributed by atoms with van der Waals surface area (Å²) >= 11 is 0. The zero-order chi connectivity index (χ0) is 21.5. The summed E-state index contributed by atoms with van der Waals surface area (Å²) in [5, 5.41) is 0. The molecule has 6 heteroatoms. The van der Waals surface area contributed by atoms with Gasteiger partial charge in [0.15, 0.2) is 11.5 Å². The lowest BCUT2D eigenvalue weighted by Crippen LogP contribution is -2.29. The summed E-state index contributed by atoms with van der Waals surface area (Å²) < 4.78 is 16.2. The molecule has 0 N–H and O–H groups in total. The molecule has 0 unspecified atom stereocenters. The molecule has 0 bridgehead atoms. The molecule has 1 amide bonds. The van der Waals surface area contributed by atoms with E-state index in [9.17, 15) is 4.79 Å². The number of carbonyl (C=O) groups is 1. The van der Waals surface area contributed by atoms with Crippen LogP contribution in [0, 0.1) is 0 Å². The zero-order valence-electron chi connectivity index (χ0n) is 18.4. The zero-order valence-corrected chi connectivity index (χ0v) is 18.4. The van der Waals surface area contributed by atoms with Crippen LogP contribution in [-0.4, -0.2) is 52.3 Å². The van der Waals surface area contributed by atoms with E-state index in [1.807, 2.05) is 13.1 Å². The van der Waals surface area contributed by atoms with E-state index in [0.717, 1.165) is 24.2 Å². The van der Waals surface area contributed by atoms with Gasteiger partial charge >= 0.3 is 0 Å². The number of ether oxygens (including phenoxy) is 3. The molecule has 6 nitrogen and oxygen atoms in total. The molecule has 0 spiro atoms. The van der Waals surface area contributed by atoms with Gasteiger partial charge in [-0.05, 0) is 43.0 Å². The van der Waals surface area contributed by atoms with Gasteiger partial charge in [-0.1, -0.05) is 18.2 Å². The Labute approximate surface area is 179 Å². The van der Waals surface area contributed by atoms with Crippen molar-refractivity contribution in [3.63, 3.8) is 0 Å². The molecule has 162 valence electrons. The molecule has 30 heavy (non-hydrogen) atoms. The highest BCUT2D eigenvalue weighted by molar-refractivity contribution is 5.80. The molecule has 1 aliphatic heterocycles. The fraction of sp³-hybridized carbons (Fsp3) is 0.458. The topological polar surface area (TPSA) is 51.2 Å². The molecule has 0 atom stereocenters. The second-order valence-electron chi connectivity index (χ2n) is 7.63. The minimum atomic E-state index is 0.0145. The van der Waals surface area contributed by atoms with Crippen molar-refractivity contribution in [1.29, 1.82) is 0 Å². The molecule has 1 heterocycles. The van der Waals surface area contributed by atoms with Gasteiger partial charge in [-0.25, -0.2) is 0 Å². The Kier molecular flexibility index (Phi) is 7.44. The third-order valence-electron chi connectivity index (χ3n) is 5.63. The average Bonchev–Trinajstić information content (AvgIpc) is 2.79. The van der Waals surface area contributed by atoms with Crippen molar-refractivity contribution in [1.82, 2.24) is 4.90 Å². The fourth-order valence-electron chi connectivity index (χ4n) is 3.93. The van der Waals surface area contributed by atoms with Gasteiger partial charge in [-0.15, -0.1) is 0 Å². The molecule has 2 aromatic carbocycles. The van der Waals surface area contributed by atoms with E-state index in [4.69, 9.17) is 14.2 Å². The second kappa shape index (κ2) is 10.2. The molecule has 0 aliphatic carbocycles. The SMILES string of the molecule is COc1ccc(CC(=O)N(C)Cc2ccc(N3CCCCC3)cc2)c(OC)c1OC. The van der Waals surface area contributed by atoms with E-state index < -0.39 is 0 Å². The fourth-order valence-corrected chi connectivity index (χ4v) is 3.93. The van der Waals surface area contributed by atoms with Crippen molar-refractivity contribution < 1.29 is 19.0 Å². The number of rotatable bonds is 8. The maximum atomic E-state index is 12.8. The van der Waals surface area contributed by atoms with Crippen molar-refractivity contribution in [2.75, 3.05) is 46.4 Å². The molecular weight excluding hydrogens is 380 g/mol. The Bertz CT molecular complexity index is 845. The second-order valence-corrected chi connectivity index (χ2v) is 7.63. The van der Waals surface area contributed by atoms with Gasteiger partial charge < -0.3 is 24.0 Å². The van der Waals surface area contributed by atoms with Crippen LogP contribution < -0.4 is 19.1 Å². The lowest BCUT2D eigenvalue weighted by molar-refractivity contribution is -0.129. The summed E-state index contributed by atoms with van der Waals surface area (Å²) in [4.78, 5) is 17.0. The van der Waals surface area contributed by atoms with E-state index in [2.05, 4.69) is 29.2 Å². The Morgan fingerprint density at radius 3 is 2.17 bits per heavy atom. The van der Waals surface area contributed by atoms with Crippen LogP contribution in [0.25, 0.3) is 0 Å². The molecule has 0 aromatic heterocycles. The minimum absolute atomic E-state index is 0.0145. The Hall–Kier alpha value is -2.89. The molecular formula is C24H32N2O4. The smallest absolute Gasteiger partial charge is 0.227 e. The van der Waals surface area contributed by atoms with Crippen LogP contribution in [0.15, 0.2) is 36.4 Å². The highest BCUT2D eigenvalue weighted by Gasteiger charge is 2.19. The Balaban J connectivity index is 1.65. The predicted octanol–water partition coefficient (Wildman–Crippen LogP) is 3.90. The van der Waals surface area contributed by atoms with Crippen molar-refractivity contribution >= 4 is 11.6 Å². The third-order valence-corrected chi connectivity index (χ3v) is 5.63. The van der Waals surface area contributed by atoms with Crippen molar-refractivity contribution in [3.05, 3.63) is 47.5 Å². The maximum absolute atomic E-state index is 12.8. The summed E-state index contributed by atoms with van der Waals surface area (Å²) in [7, 11) is 6.53. The van der Waals surface area contributed by atoms with Gasteiger partial charge in [-0.2, -0.15) is 0 Å². The van der Waals surface area contributed by atoms with Crippen LogP contribution in [0.3, 0.4) is 0 Å². The number of carbonyl (C=O) groups excluding carboxylic acids is 1. The number of benzene rings is 2. The predicted molar refractivity (Wildman–Crippen MR) is 119 cm³/mol. The van der Waals surface area contributed by atoms with Crippen LogP contribution in [0.1, 0.15) is 30.4 Å².